The molecule has 0 spiro atoms. The Balaban J connectivity index is 2.76. The predicted molar refractivity (Wildman–Crippen MR) is 212 cm³/mol. The van der Waals surface area contributed by atoms with Gasteiger partial charge in [-0.25, -0.2) is 33.4 Å². The number of alkyl halides is 1. The van der Waals surface area contributed by atoms with E-state index in [1.807, 2.05) is 10.6 Å². The van der Waals surface area contributed by atoms with Crippen molar-refractivity contribution >= 4 is 65.6 Å². The largest absolute Gasteiger partial charge is 0.481 e. The lowest BCUT2D eigenvalue weighted by Crippen LogP contribution is -2.51. The number of urea groups is 2. The number of halogens is 1. The van der Waals surface area contributed by atoms with Crippen LogP contribution in [0, 0.1) is 0 Å². The molecule has 1 aromatic heterocycles. The molecule has 1 heterocycles. The van der Waals surface area contributed by atoms with Gasteiger partial charge in [-0.3, -0.25) is 28.4 Å². The smallest absolute Gasteiger partial charge is 0.326 e. The lowest BCUT2D eigenvalue weighted by Gasteiger charge is -2.19. The molecule has 0 aliphatic carbocycles. The van der Waals surface area contributed by atoms with Crippen LogP contribution in [0.4, 0.5) is 14.0 Å². The highest BCUT2D eigenvalue weighted by atomic mass is 19.1. The Labute approximate surface area is 363 Å². The van der Waals surface area contributed by atoms with Crippen molar-refractivity contribution in [2.24, 2.45) is 0 Å². The van der Waals surface area contributed by atoms with Crippen LogP contribution in [-0.4, -0.2) is 161 Å². The monoisotopic (exact) mass is 918 g/mol. The van der Waals surface area contributed by atoms with Crippen molar-refractivity contribution in [3.8, 4) is 0 Å². The molecule has 4 unspecified atom stereocenters. The van der Waals surface area contributed by atoms with Crippen molar-refractivity contribution in [1.82, 2.24) is 52.2 Å². The first-order chi connectivity index (χ1) is 30.2. The number of amides is 7. The van der Waals surface area contributed by atoms with Crippen LogP contribution in [0.3, 0.4) is 0 Å². The van der Waals surface area contributed by atoms with Crippen molar-refractivity contribution in [3.63, 3.8) is 0 Å². The molecule has 28 heteroatoms. The molecule has 1 aromatic rings. The first-order valence-electron chi connectivity index (χ1n) is 20.0. The number of carboxylic acids is 6. The molecule has 64 heavy (non-hydrogen) atoms. The molecule has 1 rings (SSSR count). The first kappa shape index (κ1) is 54.9. The summed E-state index contributed by atoms with van der Waals surface area (Å²) in [7, 11) is 0. The number of aryl methyl sites for hydroxylation is 1. The van der Waals surface area contributed by atoms with Gasteiger partial charge in [-0.2, -0.15) is 0 Å². The molecule has 4 atom stereocenters. The van der Waals surface area contributed by atoms with E-state index in [1.54, 1.807) is 0 Å². The van der Waals surface area contributed by atoms with Crippen LogP contribution in [0.15, 0.2) is 6.20 Å². The summed E-state index contributed by atoms with van der Waals surface area (Å²) in [5.74, 6) is -10.4. The van der Waals surface area contributed by atoms with E-state index in [2.05, 4.69) is 36.9 Å². The van der Waals surface area contributed by atoms with Gasteiger partial charge in [0, 0.05) is 51.0 Å². The second-order valence-electron chi connectivity index (χ2n) is 14.2. The third-order valence-corrected chi connectivity index (χ3v) is 8.88. The van der Waals surface area contributed by atoms with Crippen molar-refractivity contribution in [2.75, 3.05) is 19.8 Å². The molecule has 13 N–H and O–H groups in total. The minimum Gasteiger partial charge on any atom is -0.481 e. The van der Waals surface area contributed by atoms with E-state index in [4.69, 9.17) is 10.2 Å². The molecule has 7 amide bonds. The molecule has 0 saturated carbocycles. The van der Waals surface area contributed by atoms with Gasteiger partial charge in [0.2, 0.25) is 17.7 Å². The van der Waals surface area contributed by atoms with Crippen LogP contribution in [0.2, 0.25) is 0 Å². The second-order valence-corrected chi connectivity index (χ2v) is 14.2. The molecule has 0 aliphatic rings. The maximum atomic E-state index is 12.9. The Bertz CT molecular complexity index is 1690. The van der Waals surface area contributed by atoms with Crippen LogP contribution >= 0.6 is 0 Å². The summed E-state index contributed by atoms with van der Waals surface area (Å²) in [4.78, 5) is 131. The zero-order valence-electron chi connectivity index (χ0n) is 34.6. The molecular formula is C36H55FN10O17. The van der Waals surface area contributed by atoms with E-state index in [-0.39, 0.29) is 71.0 Å². The lowest BCUT2D eigenvalue weighted by atomic mass is 10.1. The van der Waals surface area contributed by atoms with Crippen molar-refractivity contribution in [1.29, 1.82) is 0 Å². The average Bonchev–Trinajstić information content (AvgIpc) is 3.64. The zero-order valence-corrected chi connectivity index (χ0v) is 34.6. The highest BCUT2D eigenvalue weighted by Crippen LogP contribution is 2.07. The SMILES string of the molecule is O=C(O)CCC(NC(=O)NC(CCCCNC(=O)CC(CC(=O)NCCCCC(NC(=O)NC(CCC(=O)O)C(=O)O)C(=O)O)NC(=O)Cn1cc(CCCF)nn1)C(=O)O)C(=O)O. The molecule has 27 nitrogen and oxygen atoms in total. The fourth-order valence-corrected chi connectivity index (χ4v) is 5.65. The maximum absolute atomic E-state index is 12.9. The van der Waals surface area contributed by atoms with E-state index in [1.165, 1.54) is 10.9 Å². The molecule has 0 radical (unpaired) electrons. The van der Waals surface area contributed by atoms with E-state index < -0.39 is 141 Å². The molecule has 0 aliphatic heterocycles. The van der Waals surface area contributed by atoms with Crippen LogP contribution < -0.4 is 37.2 Å². The van der Waals surface area contributed by atoms with Crippen LogP contribution in [0.1, 0.15) is 89.2 Å². The second kappa shape index (κ2) is 30.0. The zero-order chi connectivity index (χ0) is 48.2. The Kier molecular flexibility index (Phi) is 25.7. The summed E-state index contributed by atoms with van der Waals surface area (Å²) in [6, 6.07) is -9.48. The van der Waals surface area contributed by atoms with Gasteiger partial charge in [0.15, 0.2) is 0 Å². The summed E-state index contributed by atoms with van der Waals surface area (Å²) in [5, 5.41) is 78.6. The summed E-state index contributed by atoms with van der Waals surface area (Å²) in [6.45, 7) is -0.949. The van der Waals surface area contributed by atoms with E-state index in [0.29, 0.717) is 5.69 Å². The highest BCUT2D eigenvalue weighted by Gasteiger charge is 2.27. The number of carbonyl (C=O) groups is 11. The number of aliphatic carboxylic acids is 6. The number of aromatic nitrogens is 3. The predicted octanol–water partition coefficient (Wildman–Crippen LogP) is -1.84. The van der Waals surface area contributed by atoms with Gasteiger partial charge < -0.3 is 67.9 Å². The summed E-state index contributed by atoms with van der Waals surface area (Å²) >= 11 is 0. The van der Waals surface area contributed by atoms with Crippen LogP contribution in [0.5, 0.6) is 0 Å². The first-order valence-corrected chi connectivity index (χ1v) is 20.0. The minimum atomic E-state index is -1.59. The quantitative estimate of drug-likeness (QED) is 0.0338. The van der Waals surface area contributed by atoms with E-state index in [9.17, 15) is 77.6 Å². The Hall–Kier alpha value is -7.16. The van der Waals surface area contributed by atoms with E-state index >= 15 is 0 Å². The summed E-state index contributed by atoms with van der Waals surface area (Å²) in [5.41, 5.74) is 0.433. The van der Waals surface area contributed by atoms with Crippen LogP contribution in [-0.2, 0) is 56.1 Å². The third kappa shape index (κ3) is 24.9. The average molecular weight is 919 g/mol. The number of carboxylic acid groups (broad SMARTS) is 6. The van der Waals surface area contributed by atoms with Gasteiger partial charge in [-0.05, 0) is 64.2 Å². The molecule has 0 bridgehead atoms. The van der Waals surface area contributed by atoms with Crippen molar-refractivity contribution in [2.45, 2.75) is 127 Å². The number of nitrogens with zero attached hydrogens (tertiary/aromatic N) is 3. The van der Waals surface area contributed by atoms with Crippen molar-refractivity contribution < 1.29 is 87.8 Å². The van der Waals surface area contributed by atoms with Gasteiger partial charge in [0.1, 0.15) is 30.7 Å². The fourth-order valence-electron chi connectivity index (χ4n) is 5.65. The number of unbranched alkanes of at least 4 members (excludes halogenated alkanes) is 2. The number of nitrogens with one attached hydrogen (secondary N) is 7. The summed E-state index contributed by atoms with van der Waals surface area (Å²) < 4.78 is 13.7. The van der Waals surface area contributed by atoms with Gasteiger partial charge in [0.25, 0.3) is 0 Å². The normalized spacial score (nSPS) is 13.1. The van der Waals surface area contributed by atoms with Crippen LogP contribution in [0.25, 0.3) is 0 Å². The van der Waals surface area contributed by atoms with Gasteiger partial charge >= 0.3 is 47.9 Å². The number of hydrogen-bond acceptors (Lipinski definition) is 13. The standard InChI is InChI=1S/C36H55FN10O17/c37-13-5-6-20-18-47(46-45-20)19-28(50)40-21(16-26(48)38-14-3-1-7-22(31(55)56)41-35(63)43-24(33(59)60)9-11-29(51)52)17-27(49)39-15-4-2-8-23(32(57)58)42-36(64)44-25(34(61)62)10-12-30(53)54/h18,21-25H,1-17,19H2,(H,38,48)(H,39,49)(H,40,50)(H,51,52)(H,53,54)(H,55,56)(H,57,58)(H,59,60)(H,61,62)(H2,41,43,63)(H2,42,44,64). The van der Waals surface area contributed by atoms with E-state index in [0.717, 1.165) is 0 Å². The highest BCUT2D eigenvalue weighted by molar-refractivity contribution is 5.87. The fraction of sp³-hybridized carbons (Fsp3) is 0.639. The van der Waals surface area contributed by atoms with Gasteiger partial charge in [0.05, 0.1) is 12.4 Å². The van der Waals surface area contributed by atoms with Gasteiger partial charge in [-0.1, -0.05) is 5.21 Å². The molecule has 0 saturated heterocycles. The minimum absolute atomic E-state index is 0.000160. The molecule has 0 aromatic carbocycles. The Morgan fingerprint density at radius 3 is 1.33 bits per heavy atom. The number of carbonyl (C=O) groups excluding carboxylic acids is 5. The lowest BCUT2D eigenvalue weighted by molar-refractivity contribution is -0.142. The van der Waals surface area contributed by atoms with Crippen molar-refractivity contribution in [3.05, 3.63) is 11.9 Å². The molecule has 0 fully saturated rings. The molecular weight excluding hydrogens is 863 g/mol. The molecule has 358 valence electrons. The summed E-state index contributed by atoms with van der Waals surface area (Å²) in [6.07, 6.45) is -0.543. The number of rotatable bonds is 34. The van der Waals surface area contributed by atoms with Gasteiger partial charge in [-0.15, -0.1) is 5.10 Å². The topological polar surface area (TPSA) is 424 Å². The third-order valence-electron chi connectivity index (χ3n) is 8.88. The Morgan fingerprint density at radius 1 is 0.547 bits per heavy atom. The number of hydrogen-bond donors (Lipinski definition) is 13. The maximum Gasteiger partial charge on any atom is 0.326 e. The Morgan fingerprint density at radius 2 is 0.953 bits per heavy atom.